The summed E-state index contributed by atoms with van der Waals surface area (Å²) in [5, 5.41) is 5.90. The highest BCUT2D eigenvalue weighted by Gasteiger charge is 2.23. The van der Waals surface area contributed by atoms with Crippen molar-refractivity contribution in [3.63, 3.8) is 0 Å². The van der Waals surface area contributed by atoms with Gasteiger partial charge >= 0.3 is 0 Å². The molecule has 1 aromatic heterocycles. The Balaban J connectivity index is 1.56. The number of aryl methyl sites for hydroxylation is 1. The number of piperazine rings is 1. The van der Waals surface area contributed by atoms with Crippen molar-refractivity contribution < 1.29 is 9.59 Å². The topological polar surface area (TPSA) is 77.6 Å². The second-order valence-corrected chi connectivity index (χ2v) is 9.13. The van der Waals surface area contributed by atoms with E-state index >= 15 is 0 Å². The predicted octanol–water partition coefficient (Wildman–Crippen LogP) is 2.99. The van der Waals surface area contributed by atoms with Crippen LogP contribution in [0, 0.1) is 12.8 Å². The van der Waals surface area contributed by atoms with E-state index in [1.54, 1.807) is 6.07 Å². The largest absolute Gasteiger partial charge is 0.354 e. The van der Waals surface area contributed by atoms with Crippen molar-refractivity contribution in [1.82, 2.24) is 20.5 Å². The molecule has 0 aliphatic carbocycles. The summed E-state index contributed by atoms with van der Waals surface area (Å²) < 4.78 is 0. The molecule has 33 heavy (non-hydrogen) atoms. The number of anilines is 1. The molecule has 0 radical (unpaired) electrons. The fraction of sp³-hybridized carbons (Fsp3) is 0.500. The van der Waals surface area contributed by atoms with Crippen LogP contribution in [0.4, 0.5) is 5.82 Å². The highest BCUT2D eigenvalue weighted by Crippen LogP contribution is 2.14. The minimum absolute atomic E-state index is 0.176. The Kier molecular flexibility index (Phi) is 8.83. The molecular formula is C26H37N5O2. The Hall–Kier alpha value is -2.93. The Labute approximate surface area is 197 Å². The van der Waals surface area contributed by atoms with Crippen LogP contribution >= 0.6 is 0 Å². The summed E-state index contributed by atoms with van der Waals surface area (Å²) in [7, 11) is 0. The normalized spacial score (nSPS) is 15.4. The molecule has 2 aromatic rings. The molecular weight excluding hydrogens is 414 g/mol. The third-order valence-electron chi connectivity index (χ3n) is 6.14. The molecule has 7 nitrogen and oxygen atoms in total. The smallest absolute Gasteiger partial charge is 0.252 e. The van der Waals surface area contributed by atoms with Crippen LogP contribution < -0.4 is 15.5 Å². The summed E-state index contributed by atoms with van der Waals surface area (Å²) in [6.07, 6.45) is 2.40. The van der Waals surface area contributed by atoms with Gasteiger partial charge in [0.15, 0.2) is 0 Å². The molecule has 7 heteroatoms. The number of pyridine rings is 1. The summed E-state index contributed by atoms with van der Waals surface area (Å²) in [6.45, 7) is 13.7. The number of nitrogens with zero attached hydrogens (tertiary/aromatic N) is 3. The lowest BCUT2D eigenvalue weighted by Gasteiger charge is -2.34. The van der Waals surface area contributed by atoms with Crippen molar-refractivity contribution in [2.24, 2.45) is 5.92 Å². The van der Waals surface area contributed by atoms with E-state index in [-0.39, 0.29) is 17.7 Å². The van der Waals surface area contributed by atoms with Crippen LogP contribution in [0.1, 0.15) is 48.7 Å². The van der Waals surface area contributed by atoms with Crippen LogP contribution in [0.2, 0.25) is 0 Å². The van der Waals surface area contributed by atoms with Crippen molar-refractivity contribution in [1.29, 1.82) is 0 Å². The predicted molar refractivity (Wildman–Crippen MR) is 132 cm³/mol. The zero-order chi connectivity index (χ0) is 23.8. The Bertz CT molecular complexity index is 921. The first-order valence-corrected chi connectivity index (χ1v) is 11.9. The molecule has 2 amide bonds. The minimum Gasteiger partial charge on any atom is -0.354 e. The van der Waals surface area contributed by atoms with E-state index in [4.69, 9.17) is 0 Å². The standard InChI is InChI=1S/C26H37N5O2/c1-5-30-12-14-31(15-13-30)24-11-10-21(17-27-24)18-28-26(33)23(16-19(2)3)29-25(32)22-9-7-6-8-20(22)4/h6-11,17,19,23H,5,12-16,18H2,1-4H3,(H,28,33)(H,29,32). The van der Waals surface area contributed by atoms with E-state index < -0.39 is 6.04 Å². The number of amides is 2. The van der Waals surface area contributed by atoms with Crippen LogP contribution in [0.25, 0.3) is 0 Å². The molecule has 1 fully saturated rings. The van der Waals surface area contributed by atoms with Crippen LogP contribution in [0.15, 0.2) is 42.6 Å². The maximum absolute atomic E-state index is 12.9. The minimum atomic E-state index is -0.584. The number of carbonyl (C=O) groups is 2. The molecule has 1 aromatic carbocycles. The van der Waals surface area contributed by atoms with Crippen LogP contribution in [0.5, 0.6) is 0 Å². The van der Waals surface area contributed by atoms with E-state index in [0.29, 0.717) is 18.5 Å². The lowest BCUT2D eigenvalue weighted by Crippen LogP contribution is -2.47. The second kappa shape index (κ2) is 11.8. The number of likely N-dealkylation sites (N-methyl/N-ethyl adjacent to an activating group) is 1. The number of nitrogens with one attached hydrogen (secondary N) is 2. The first-order valence-electron chi connectivity index (χ1n) is 11.9. The number of rotatable bonds is 9. The number of hydrogen-bond donors (Lipinski definition) is 2. The van der Waals surface area contributed by atoms with Crippen molar-refractivity contribution in [2.45, 2.75) is 46.7 Å². The fourth-order valence-corrected chi connectivity index (χ4v) is 4.08. The molecule has 1 aliphatic heterocycles. The lowest BCUT2D eigenvalue weighted by atomic mass is 10.0. The van der Waals surface area contributed by atoms with Crippen LogP contribution in [-0.4, -0.2) is 60.5 Å². The Morgan fingerprint density at radius 1 is 1.06 bits per heavy atom. The molecule has 1 saturated heterocycles. The number of aromatic nitrogens is 1. The Morgan fingerprint density at radius 2 is 1.79 bits per heavy atom. The summed E-state index contributed by atoms with van der Waals surface area (Å²) in [5.41, 5.74) is 2.42. The Morgan fingerprint density at radius 3 is 2.39 bits per heavy atom. The zero-order valence-corrected chi connectivity index (χ0v) is 20.3. The van der Waals surface area contributed by atoms with Crippen LogP contribution in [0.3, 0.4) is 0 Å². The van der Waals surface area contributed by atoms with Gasteiger partial charge in [0.25, 0.3) is 5.91 Å². The van der Waals surface area contributed by atoms with Crippen molar-refractivity contribution in [2.75, 3.05) is 37.6 Å². The average molecular weight is 452 g/mol. The molecule has 2 N–H and O–H groups in total. The lowest BCUT2D eigenvalue weighted by molar-refractivity contribution is -0.123. The first-order chi connectivity index (χ1) is 15.9. The van der Waals surface area contributed by atoms with Gasteiger partial charge < -0.3 is 20.4 Å². The molecule has 1 atom stereocenters. The van der Waals surface area contributed by atoms with Gasteiger partial charge in [0, 0.05) is 44.5 Å². The van der Waals surface area contributed by atoms with Crippen molar-refractivity contribution in [3.8, 4) is 0 Å². The molecule has 0 saturated carbocycles. The molecule has 2 heterocycles. The SMILES string of the molecule is CCN1CCN(c2ccc(CNC(=O)C(CC(C)C)NC(=O)c3ccccc3C)cn2)CC1. The third kappa shape index (κ3) is 7.02. The molecule has 1 unspecified atom stereocenters. The number of benzene rings is 1. The average Bonchev–Trinajstić information content (AvgIpc) is 2.82. The molecule has 0 bridgehead atoms. The first kappa shape index (κ1) is 24.7. The van der Waals surface area contributed by atoms with E-state index in [2.05, 4.69) is 32.3 Å². The zero-order valence-electron chi connectivity index (χ0n) is 20.3. The number of hydrogen-bond acceptors (Lipinski definition) is 5. The molecule has 0 spiro atoms. The van der Waals surface area contributed by atoms with E-state index in [0.717, 1.165) is 49.7 Å². The monoisotopic (exact) mass is 451 g/mol. The molecule has 178 valence electrons. The van der Waals surface area contributed by atoms with Crippen LogP contribution in [-0.2, 0) is 11.3 Å². The van der Waals surface area contributed by atoms with Gasteiger partial charge in [0.05, 0.1) is 0 Å². The maximum Gasteiger partial charge on any atom is 0.252 e. The number of carbonyl (C=O) groups excluding carboxylic acids is 2. The fourth-order valence-electron chi connectivity index (χ4n) is 4.08. The van der Waals surface area contributed by atoms with Gasteiger partial charge in [-0.2, -0.15) is 0 Å². The molecule has 3 rings (SSSR count). The quantitative estimate of drug-likeness (QED) is 0.613. The van der Waals surface area contributed by atoms with Gasteiger partial charge in [0.1, 0.15) is 11.9 Å². The van der Waals surface area contributed by atoms with E-state index in [1.807, 2.05) is 57.3 Å². The van der Waals surface area contributed by atoms with Crippen molar-refractivity contribution in [3.05, 3.63) is 59.3 Å². The van der Waals surface area contributed by atoms with Gasteiger partial charge in [-0.1, -0.05) is 45.0 Å². The summed E-state index contributed by atoms with van der Waals surface area (Å²) in [5.74, 6) is 0.851. The van der Waals surface area contributed by atoms with Gasteiger partial charge in [-0.15, -0.1) is 0 Å². The van der Waals surface area contributed by atoms with E-state index in [1.165, 1.54) is 0 Å². The van der Waals surface area contributed by atoms with E-state index in [9.17, 15) is 9.59 Å². The summed E-state index contributed by atoms with van der Waals surface area (Å²) in [4.78, 5) is 35.0. The highest BCUT2D eigenvalue weighted by molar-refractivity contribution is 5.98. The van der Waals surface area contributed by atoms with Gasteiger partial charge in [0.2, 0.25) is 5.91 Å². The van der Waals surface area contributed by atoms with Crippen molar-refractivity contribution >= 4 is 17.6 Å². The highest BCUT2D eigenvalue weighted by atomic mass is 16.2. The summed E-state index contributed by atoms with van der Waals surface area (Å²) >= 11 is 0. The molecule has 1 aliphatic rings. The van der Waals surface area contributed by atoms with Gasteiger partial charge in [-0.3, -0.25) is 9.59 Å². The van der Waals surface area contributed by atoms with Gasteiger partial charge in [-0.25, -0.2) is 4.98 Å². The summed E-state index contributed by atoms with van der Waals surface area (Å²) in [6, 6.07) is 10.9. The van der Waals surface area contributed by atoms with Gasteiger partial charge in [-0.05, 0) is 49.1 Å². The maximum atomic E-state index is 12.9. The second-order valence-electron chi connectivity index (χ2n) is 9.13. The third-order valence-corrected chi connectivity index (χ3v) is 6.14.